The average molecular weight is 1110 g/mol. The van der Waals surface area contributed by atoms with Crippen molar-refractivity contribution in [3.63, 3.8) is 0 Å². The second kappa shape index (κ2) is 25.1. The summed E-state index contributed by atoms with van der Waals surface area (Å²) < 4.78 is 24.1. The average Bonchev–Trinajstić information content (AvgIpc) is 4.07. The SMILES string of the molecule is CC(C)(C)c1ccc(CCC2(CCOC(=O)CCC(=O)OCCC3(CCc4ccc(C(C)(C)C)c(NC(=O)CC5c6ccccc6Oc6ccccc65)c4)CCCC3)CCCC2)cc1NC(=O)CC1c2ccccc2Oc2ccccc21. The molecule has 2 fully saturated rings. The zero-order valence-electron chi connectivity index (χ0n) is 49.3. The van der Waals surface area contributed by atoms with Gasteiger partial charge in [-0.3, -0.25) is 19.2 Å². The van der Waals surface area contributed by atoms with E-state index in [1.807, 2.05) is 72.8 Å². The Labute approximate surface area is 486 Å². The van der Waals surface area contributed by atoms with Crippen LogP contribution in [0.3, 0.4) is 0 Å². The van der Waals surface area contributed by atoms with Gasteiger partial charge in [0.2, 0.25) is 11.8 Å². The Hall–Kier alpha value is -7.20. The van der Waals surface area contributed by atoms with E-state index in [0.717, 1.165) is 158 Å². The Kier molecular flexibility index (Phi) is 17.8. The number of benzene rings is 6. The van der Waals surface area contributed by atoms with Crippen molar-refractivity contribution < 1.29 is 38.1 Å². The molecule has 0 aromatic heterocycles. The van der Waals surface area contributed by atoms with E-state index < -0.39 is 0 Å². The standard InChI is InChI=1S/C72H84N2O8/c1-69(2,3)57-29-27-49(45-59(57)73-65(75)47-55-51-19-7-11-23-61(51)81-62-24-12-8-20-52(55)62)33-39-71(35-15-16-36-71)41-43-79-67(77)31-32-68(78)80-44-42-72(37-17-18-38-72)40-34-50-28-30-58(70(4,5)6)60(46-50)74-66(76)48-56-53-21-9-13-25-63(53)82-64-26-14-10-22-54(56)64/h7-14,19-30,45-46,55-56H,15-18,31-44,47-48H2,1-6H3,(H,73,75)(H,74,76). The number of fused-ring (bicyclic) bond motifs is 4. The molecule has 2 aliphatic carbocycles. The predicted molar refractivity (Wildman–Crippen MR) is 325 cm³/mol. The van der Waals surface area contributed by atoms with E-state index >= 15 is 0 Å². The third-order valence-electron chi connectivity index (χ3n) is 18.3. The topological polar surface area (TPSA) is 129 Å². The summed E-state index contributed by atoms with van der Waals surface area (Å²) in [5.74, 6) is 2.12. The van der Waals surface area contributed by atoms with Crippen molar-refractivity contribution in [2.45, 2.75) is 180 Å². The molecule has 0 atom stereocenters. The smallest absolute Gasteiger partial charge is 0.306 e. The maximum absolute atomic E-state index is 14.0. The fraction of sp³-hybridized carbons (Fsp3) is 0.444. The van der Waals surface area contributed by atoms with Gasteiger partial charge in [-0.15, -0.1) is 0 Å². The summed E-state index contributed by atoms with van der Waals surface area (Å²) >= 11 is 0. The maximum Gasteiger partial charge on any atom is 0.306 e. The Morgan fingerprint density at radius 2 is 0.793 bits per heavy atom. The van der Waals surface area contributed by atoms with E-state index in [4.69, 9.17) is 18.9 Å². The first kappa shape index (κ1) is 58.0. The second-order valence-electron chi connectivity index (χ2n) is 26.1. The molecule has 0 saturated heterocycles. The van der Waals surface area contributed by atoms with Gasteiger partial charge in [0.15, 0.2) is 0 Å². The lowest BCUT2D eigenvalue weighted by Crippen LogP contribution is -2.23. The molecule has 2 aliphatic heterocycles. The number of carbonyl (C=O) groups excluding carboxylic acids is 4. The molecule has 10 nitrogen and oxygen atoms in total. The molecule has 4 aliphatic rings. The number of hydrogen-bond donors (Lipinski definition) is 2. The van der Waals surface area contributed by atoms with Crippen LogP contribution in [-0.4, -0.2) is 37.0 Å². The zero-order chi connectivity index (χ0) is 57.5. The quantitative estimate of drug-likeness (QED) is 0.0682. The lowest BCUT2D eigenvalue weighted by Gasteiger charge is -2.30. The molecule has 0 radical (unpaired) electrons. The van der Waals surface area contributed by atoms with Crippen LogP contribution < -0.4 is 20.1 Å². The van der Waals surface area contributed by atoms with Gasteiger partial charge in [-0.05, 0) is 145 Å². The lowest BCUT2D eigenvalue weighted by atomic mass is 9.77. The number of ether oxygens (including phenoxy) is 4. The van der Waals surface area contributed by atoms with Crippen molar-refractivity contribution in [3.8, 4) is 23.0 Å². The van der Waals surface area contributed by atoms with Crippen molar-refractivity contribution >= 4 is 35.1 Å². The first-order chi connectivity index (χ1) is 39.4. The van der Waals surface area contributed by atoms with Crippen molar-refractivity contribution in [1.29, 1.82) is 0 Å². The van der Waals surface area contributed by atoms with Gasteiger partial charge in [0.25, 0.3) is 0 Å². The summed E-state index contributed by atoms with van der Waals surface area (Å²) in [6.45, 7) is 13.7. The van der Waals surface area contributed by atoms with E-state index in [1.54, 1.807) is 0 Å². The van der Waals surface area contributed by atoms with Gasteiger partial charge >= 0.3 is 11.9 Å². The molecule has 82 heavy (non-hydrogen) atoms. The molecule has 10 rings (SSSR count). The van der Waals surface area contributed by atoms with Gasteiger partial charge in [0.1, 0.15) is 23.0 Å². The first-order valence-corrected chi connectivity index (χ1v) is 30.3. The van der Waals surface area contributed by atoms with Crippen molar-refractivity contribution in [2.75, 3.05) is 23.8 Å². The van der Waals surface area contributed by atoms with Crippen LogP contribution in [0.25, 0.3) is 0 Å². The van der Waals surface area contributed by atoms with Gasteiger partial charge < -0.3 is 29.6 Å². The van der Waals surface area contributed by atoms with Crippen LogP contribution in [0, 0.1) is 10.8 Å². The largest absolute Gasteiger partial charge is 0.466 e. The highest BCUT2D eigenvalue weighted by Crippen LogP contribution is 2.49. The van der Waals surface area contributed by atoms with E-state index in [1.165, 1.54) is 11.1 Å². The lowest BCUT2D eigenvalue weighted by molar-refractivity contribution is -0.151. The van der Waals surface area contributed by atoms with Crippen LogP contribution in [0.2, 0.25) is 0 Å². The number of aryl methyl sites for hydroxylation is 2. The summed E-state index contributed by atoms with van der Waals surface area (Å²) in [7, 11) is 0. The number of anilines is 2. The third-order valence-corrected chi connectivity index (χ3v) is 18.3. The fourth-order valence-corrected chi connectivity index (χ4v) is 13.7. The van der Waals surface area contributed by atoms with Crippen LogP contribution in [0.4, 0.5) is 11.4 Å². The summed E-state index contributed by atoms with van der Waals surface area (Å²) in [4.78, 5) is 54.2. The molecule has 0 bridgehead atoms. The molecular weight excluding hydrogens is 1020 g/mol. The summed E-state index contributed by atoms with van der Waals surface area (Å²) in [6, 6.07) is 45.0. The number of para-hydroxylation sites is 4. The number of nitrogens with one attached hydrogen (secondary N) is 2. The molecule has 6 aromatic rings. The Morgan fingerprint density at radius 1 is 0.463 bits per heavy atom. The number of carbonyl (C=O) groups is 4. The zero-order valence-corrected chi connectivity index (χ0v) is 49.3. The van der Waals surface area contributed by atoms with Crippen molar-refractivity contribution in [3.05, 3.63) is 178 Å². The Balaban J connectivity index is 0.680. The highest BCUT2D eigenvalue weighted by molar-refractivity contribution is 5.94. The molecular formula is C72H84N2O8. The molecule has 2 N–H and O–H groups in total. The number of rotatable bonds is 21. The maximum atomic E-state index is 14.0. The molecule has 2 amide bonds. The summed E-state index contributed by atoms with van der Waals surface area (Å²) in [5.41, 5.74) is 10.1. The highest BCUT2D eigenvalue weighted by atomic mass is 16.5. The van der Waals surface area contributed by atoms with Gasteiger partial charge in [-0.1, -0.05) is 164 Å². The van der Waals surface area contributed by atoms with Crippen LogP contribution >= 0.6 is 0 Å². The van der Waals surface area contributed by atoms with E-state index in [2.05, 4.69) is 113 Å². The van der Waals surface area contributed by atoms with Crippen LogP contribution in [0.5, 0.6) is 23.0 Å². The van der Waals surface area contributed by atoms with Crippen LogP contribution in [-0.2, 0) is 52.3 Å². The minimum Gasteiger partial charge on any atom is -0.466 e. The van der Waals surface area contributed by atoms with Crippen LogP contribution in [0.15, 0.2) is 133 Å². The van der Waals surface area contributed by atoms with E-state index in [9.17, 15) is 19.2 Å². The van der Waals surface area contributed by atoms with Gasteiger partial charge in [0, 0.05) is 58.3 Å². The minimum absolute atomic E-state index is 0.00175. The van der Waals surface area contributed by atoms with Crippen molar-refractivity contribution in [2.24, 2.45) is 10.8 Å². The fourth-order valence-electron chi connectivity index (χ4n) is 13.7. The van der Waals surface area contributed by atoms with Gasteiger partial charge in [-0.2, -0.15) is 0 Å². The number of esters is 2. The first-order valence-electron chi connectivity index (χ1n) is 30.3. The van der Waals surface area contributed by atoms with E-state index in [0.29, 0.717) is 26.1 Å². The van der Waals surface area contributed by atoms with E-state index in [-0.39, 0.29) is 70.1 Å². The molecule has 430 valence electrons. The third kappa shape index (κ3) is 14.0. The molecule has 2 heterocycles. The summed E-state index contributed by atoms with van der Waals surface area (Å²) in [6.07, 6.45) is 14.7. The molecule has 10 heteroatoms. The minimum atomic E-state index is -0.365. The van der Waals surface area contributed by atoms with Gasteiger partial charge in [0.05, 0.1) is 26.1 Å². The van der Waals surface area contributed by atoms with Gasteiger partial charge in [-0.25, -0.2) is 0 Å². The predicted octanol–water partition coefficient (Wildman–Crippen LogP) is 17.1. The highest BCUT2D eigenvalue weighted by Gasteiger charge is 2.37. The Bertz CT molecular complexity index is 2950. The molecule has 0 unspecified atom stereocenters. The molecule has 2 saturated carbocycles. The normalized spacial score (nSPS) is 16.1. The monoisotopic (exact) mass is 1100 g/mol. The Morgan fingerprint density at radius 3 is 1.12 bits per heavy atom. The molecule has 6 aromatic carbocycles. The summed E-state index contributed by atoms with van der Waals surface area (Å²) in [5, 5.41) is 6.69. The number of hydrogen-bond acceptors (Lipinski definition) is 8. The van der Waals surface area contributed by atoms with Crippen molar-refractivity contribution in [1.82, 2.24) is 0 Å². The van der Waals surface area contributed by atoms with Crippen LogP contribution in [0.1, 0.15) is 201 Å². The second-order valence-corrected chi connectivity index (χ2v) is 26.1. The number of amides is 2. The molecule has 0 spiro atoms.